The second kappa shape index (κ2) is 6.76. The van der Waals surface area contributed by atoms with Gasteiger partial charge < -0.3 is 10.6 Å². The van der Waals surface area contributed by atoms with E-state index in [9.17, 15) is 4.79 Å². The van der Waals surface area contributed by atoms with Crippen molar-refractivity contribution in [2.24, 2.45) is 7.05 Å². The summed E-state index contributed by atoms with van der Waals surface area (Å²) in [6.45, 7) is 2.51. The van der Waals surface area contributed by atoms with Crippen LogP contribution in [0.3, 0.4) is 0 Å². The molecule has 20 heavy (non-hydrogen) atoms. The van der Waals surface area contributed by atoms with E-state index >= 15 is 0 Å². The molecule has 0 unspecified atom stereocenters. The minimum absolute atomic E-state index is 0.0501. The quantitative estimate of drug-likeness (QED) is 0.892. The monoisotopic (exact) mass is 312 g/mol. The summed E-state index contributed by atoms with van der Waals surface area (Å²) >= 11 is 7.35. The lowest BCUT2D eigenvalue weighted by Gasteiger charge is -2.12. The van der Waals surface area contributed by atoms with Crippen LogP contribution in [0.5, 0.6) is 0 Å². The Balaban J connectivity index is 1.72. The summed E-state index contributed by atoms with van der Waals surface area (Å²) in [5.74, 6) is 0. The Morgan fingerprint density at radius 2 is 2.35 bits per heavy atom. The van der Waals surface area contributed by atoms with Crippen LogP contribution in [0.15, 0.2) is 24.5 Å². The molecule has 0 aliphatic rings. The molecule has 0 radical (unpaired) electrons. The van der Waals surface area contributed by atoms with Gasteiger partial charge in [-0.3, -0.25) is 4.68 Å². The molecule has 2 rings (SSSR count). The maximum atomic E-state index is 11.8. The molecule has 2 heterocycles. The first-order chi connectivity index (χ1) is 9.54. The average Bonchev–Trinajstić information content (AvgIpc) is 2.98. The molecule has 108 valence electrons. The Morgan fingerprint density at radius 3 is 2.95 bits per heavy atom. The van der Waals surface area contributed by atoms with Crippen LogP contribution in [0.1, 0.15) is 23.4 Å². The molecule has 0 saturated carbocycles. The van der Waals surface area contributed by atoms with Gasteiger partial charge >= 0.3 is 6.03 Å². The first-order valence-corrected chi connectivity index (χ1v) is 7.51. The Kier molecular flexibility index (Phi) is 5.03. The Labute approximate surface area is 126 Å². The maximum absolute atomic E-state index is 11.8. The van der Waals surface area contributed by atoms with E-state index in [1.165, 1.54) is 11.3 Å². The fourth-order valence-corrected chi connectivity index (χ4v) is 2.86. The van der Waals surface area contributed by atoms with Crippen LogP contribution in [0.25, 0.3) is 0 Å². The fourth-order valence-electron chi connectivity index (χ4n) is 1.80. The smallest absolute Gasteiger partial charge is 0.315 e. The zero-order valence-electron chi connectivity index (χ0n) is 11.4. The highest BCUT2D eigenvalue weighted by Gasteiger charge is 2.11. The lowest BCUT2D eigenvalue weighted by atomic mass is 10.2. The number of aromatic nitrogens is 2. The molecule has 0 aliphatic heterocycles. The zero-order chi connectivity index (χ0) is 14.5. The Hall–Kier alpha value is -1.53. The van der Waals surface area contributed by atoms with Gasteiger partial charge in [-0.2, -0.15) is 5.10 Å². The van der Waals surface area contributed by atoms with Gasteiger partial charge in [-0.05, 0) is 31.0 Å². The first kappa shape index (κ1) is 14.9. The fraction of sp³-hybridized carbons (Fsp3) is 0.385. The van der Waals surface area contributed by atoms with E-state index in [1.54, 1.807) is 10.9 Å². The molecule has 0 spiro atoms. The Morgan fingerprint density at radius 1 is 1.55 bits per heavy atom. The van der Waals surface area contributed by atoms with Crippen molar-refractivity contribution in [1.29, 1.82) is 0 Å². The molecule has 0 saturated heterocycles. The Bertz CT molecular complexity index is 580. The minimum Gasteiger partial charge on any atom is -0.338 e. The molecule has 7 heteroatoms. The highest BCUT2D eigenvalue weighted by atomic mass is 35.5. The number of urea groups is 1. The van der Waals surface area contributed by atoms with Crippen molar-refractivity contribution in [3.8, 4) is 0 Å². The summed E-state index contributed by atoms with van der Waals surface area (Å²) in [6, 6.07) is 3.53. The normalized spacial score (nSPS) is 12.2. The summed E-state index contributed by atoms with van der Waals surface area (Å²) in [6.07, 6.45) is 4.51. The molecule has 2 N–H and O–H groups in total. The molecule has 5 nitrogen and oxygen atoms in total. The second-order valence-electron chi connectivity index (χ2n) is 4.54. The van der Waals surface area contributed by atoms with Crippen LogP contribution in [0.2, 0.25) is 4.34 Å². The third kappa shape index (κ3) is 4.25. The standard InChI is InChI=1S/C13H17ClN4OS/c1-9(11-3-4-12(14)20-11)17-13(19)15-6-5-10-7-16-18(2)8-10/h3-4,7-9H,5-6H2,1-2H3,(H2,15,17,19)/t9-/m0/s1. The number of nitrogens with one attached hydrogen (secondary N) is 2. The molecule has 1 atom stereocenters. The number of aryl methyl sites for hydroxylation is 1. The molecule has 2 amide bonds. The molecule has 0 bridgehead atoms. The van der Waals surface area contributed by atoms with Gasteiger partial charge in [0, 0.05) is 24.7 Å². The number of carbonyl (C=O) groups excluding carboxylic acids is 1. The summed E-state index contributed by atoms with van der Waals surface area (Å²) in [4.78, 5) is 12.8. The van der Waals surface area contributed by atoms with Gasteiger partial charge in [0.2, 0.25) is 0 Å². The minimum atomic E-state index is -0.175. The van der Waals surface area contributed by atoms with Gasteiger partial charge in [0.05, 0.1) is 16.6 Å². The van der Waals surface area contributed by atoms with Gasteiger partial charge in [0.1, 0.15) is 0 Å². The van der Waals surface area contributed by atoms with Crippen molar-refractivity contribution >= 4 is 29.0 Å². The van der Waals surface area contributed by atoms with Crippen molar-refractivity contribution in [3.63, 3.8) is 0 Å². The largest absolute Gasteiger partial charge is 0.338 e. The highest BCUT2D eigenvalue weighted by Crippen LogP contribution is 2.26. The molecule has 0 aliphatic carbocycles. The number of rotatable bonds is 5. The molecular weight excluding hydrogens is 296 g/mol. The van der Waals surface area contributed by atoms with E-state index in [1.807, 2.05) is 32.3 Å². The summed E-state index contributed by atoms with van der Waals surface area (Å²) in [5, 5.41) is 9.80. The van der Waals surface area contributed by atoms with Gasteiger partial charge in [-0.15, -0.1) is 11.3 Å². The number of nitrogens with zero attached hydrogens (tertiary/aromatic N) is 2. The van der Waals surface area contributed by atoms with Crippen molar-refractivity contribution in [2.75, 3.05) is 6.54 Å². The topological polar surface area (TPSA) is 59.0 Å². The first-order valence-electron chi connectivity index (χ1n) is 6.31. The maximum Gasteiger partial charge on any atom is 0.315 e. The third-order valence-electron chi connectivity index (χ3n) is 2.83. The molecular formula is C13H17ClN4OS. The lowest BCUT2D eigenvalue weighted by Crippen LogP contribution is -2.37. The van der Waals surface area contributed by atoms with Crippen LogP contribution < -0.4 is 10.6 Å². The predicted molar refractivity (Wildman–Crippen MR) is 81.2 cm³/mol. The summed E-state index contributed by atoms with van der Waals surface area (Å²) < 4.78 is 2.48. The molecule has 2 aromatic rings. The van der Waals surface area contributed by atoms with Crippen molar-refractivity contribution in [1.82, 2.24) is 20.4 Å². The van der Waals surface area contributed by atoms with E-state index < -0.39 is 0 Å². The van der Waals surface area contributed by atoms with Crippen LogP contribution in [-0.4, -0.2) is 22.4 Å². The molecule has 2 aromatic heterocycles. The highest BCUT2D eigenvalue weighted by molar-refractivity contribution is 7.16. The van der Waals surface area contributed by atoms with E-state index in [0.717, 1.165) is 21.2 Å². The van der Waals surface area contributed by atoms with Crippen LogP contribution in [0, 0.1) is 0 Å². The van der Waals surface area contributed by atoms with Gasteiger partial charge in [-0.1, -0.05) is 11.6 Å². The second-order valence-corrected chi connectivity index (χ2v) is 6.28. The zero-order valence-corrected chi connectivity index (χ0v) is 13.0. The van der Waals surface area contributed by atoms with Gasteiger partial charge in [-0.25, -0.2) is 4.79 Å². The van der Waals surface area contributed by atoms with Gasteiger partial charge in [0.15, 0.2) is 0 Å². The van der Waals surface area contributed by atoms with E-state index in [0.29, 0.717) is 6.54 Å². The number of thiophene rings is 1. The van der Waals surface area contributed by atoms with E-state index in [2.05, 4.69) is 15.7 Å². The average molecular weight is 313 g/mol. The third-order valence-corrected chi connectivity index (χ3v) is 4.24. The number of hydrogen-bond acceptors (Lipinski definition) is 3. The summed E-state index contributed by atoms with van der Waals surface area (Å²) in [5.41, 5.74) is 1.10. The van der Waals surface area contributed by atoms with Crippen molar-refractivity contribution in [3.05, 3.63) is 39.3 Å². The van der Waals surface area contributed by atoms with Crippen LogP contribution >= 0.6 is 22.9 Å². The predicted octanol–water partition coefficient (Wildman–Crippen LogP) is 2.74. The number of halogens is 1. The van der Waals surface area contributed by atoms with E-state index in [4.69, 9.17) is 11.6 Å². The lowest BCUT2D eigenvalue weighted by molar-refractivity contribution is 0.238. The molecule has 0 aromatic carbocycles. The van der Waals surface area contributed by atoms with Crippen LogP contribution in [-0.2, 0) is 13.5 Å². The van der Waals surface area contributed by atoms with Crippen LogP contribution in [0.4, 0.5) is 4.79 Å². The van der Waals surface area contributed by atoms with Crippen molar-refractivity contribution in [2.45, 2.75) is 19.4 Å². The van der Waals surface area contributed by atoms with Crippen molar-refractivity contribution < 1.29 is 4.79 Å². The number of amides is 2. The number of carbonyl (C=O) groups is 1. The molecule has 0 fully saturated rings. The summed E-state index contributed by atoms with van der Waals surface area (Å²) in [7, 11) is 1.87. The van der Waals surface area contributed by atoms with E-state index in [-0.39, 0.29) is 12.1 Å². The van der Waals surface area contributed by atoms with Gasteiger partial charge in [0.25, 0.3) is 0 Å². The number of hydrogen-bond donors (Lipinski definition) is 2. The SMILES string of the molecule is C[C@H](NC(=O)NCCc1cnn(C)c1)c1ccc(Cl)s1.